The first-order valence-electron chi connectivity index (χ1n) is 7.86. The molecule has 0 saturated carbocycles. The zero-order valence-corrected chi connectivity index (χ0v) is 13.7. The summed E-state index contributed by atoms with van der Waals surface area (Å²) in [5, 5.41) is 0. The van der Waals surface area contributed by atoms with E-state index in [0.29, 0.717) is 11.5 Å². The average Bonchev–Trinajstić information content (AvgIpc) is 3.34. The van der Waals surface area contributed by atoms with Crippen LogP contribution in [0.3, 0.4) is 0 Å². The van der Waals surface area contributed by atoms with Gasteiger partial charge in [-0.2, -0.15) is 0 Å². The lowest BCUT2D eigenvalue weighted by molar-refractivity contribution is 0.314. The summed E-state index contributed by atoms with van der Waals surface area (Å²) >= 11 is 0. The highest BCUT2D eigenvalue weighted by molar-refractivity contribution is 5.48. The number of aromatic amines is 2. The van der Waals surface area contributed by atoms with E-state index in [2.05, 4.69) is 33.9 Å². The Balaban J connectivity index is 2.02. The van der Waals surface area contributed by atoms with Crippen LogP contribution in [0.5, 0.6) is 11.5 Å². The van der Waals surface area contributed by atoms with Gasteiger partial charge in [-0.15, -0.1) is 12.8 Å². The van der Waals surface area contributed by atoms with Crippen molar-refractivity contribution in [3.05, 3.63) is 71.8 Å². The predicted molar refractivity (Wildman–Crippen MR) is 97.6 cm³/mol. The molecule has 0 saturated heterocycles. The van der Waals surface area contributed by atoms with E-state index < -0.39 is 0 Å². The summed E-state index contributed by atoms with van der Waals surface area (Å²) in [6.07, 6.45) is 14.4. The molecule has 0 radical (unpaired) electrons. The molecule has 25 heavy (non-hydrogen) atoms. The Labute approximate surface area is 147 Å². The summed E-state index contributed by atoms with van der Waals surface area (Å²) < 4.78 is 11.2. The Kier molecular flexibility index (Phi) is 5.14. The number of nitrogens with one attached hydrogen (secondary N) is 2. The molecule has 4 nitrogen and oxygen atoms in total. The molecule has 0 aliphatic rings. The van der Waals surface area contributed by atoms with Gasteiger partial charge in [-0.05, 0) is 42.0 Å². The van der Waals surface area contributed by atoms with Crippen LogP contribution in [0.15, 0.2) is 54.9 Å². The van der Waals surface area contributed by atoms with Gasteiger partial charge in [-0.1, -0.05) is 17.9 Å². The van der Waals surface area contributed by atoms with Gasteiger partial charge in [-0.3, -0.25) is 0 Å². The van der Waals surface area contributed by atoms with E-state index in [0.717, 1.165) is 17.0 Å². The van der Waals surface area contributed by atoms with E-state index >= 15 is 0 Å². The fourth-order valence-corrected chi connectivity index (χ4v) is 2.75. The molecule has 2 N–H and O–H groups in total. The number of hydrogen-bond acceptors (Lipinski definition) is 2. The fraction of sp³-hybridized carbons (Fsp3) is 0.143. The van der Waals surface area contributed by atoms with E-state index in [-0.39, 0.29) is 19.1 Å². The molecule has 0 amide bonds. The molecule has 0 atom stereocenters. The van der Waals surface area contributed by atoms with E-state index in [1.54, 1.807) is 0 Å². The molecular weight excluding hydrogens is 312 g/mol. The number of H-pyrrole nitrogens is 2. The van der Waals surface area contributed by atoms with Crippen LogP contribution in [0, 0.1) is 24.7 Å². The van der Waals surface area contributed by atoms with Gasteiger partial charge in [0, 0.05) is 23.8 Å². The first-order valence-corrected chi connectivity index (χ1v) is 7.86. The molecule has 0 spiro atoms. The molecule has 4 heteroatoms. The largest absolute Gasteiger partial charge is 0.477 e. The van der Waals surface area contributed by atoms with Crippen molar-refractivity contribution in [1.29, 1.82) is 0 Å². The Hall–Kier alpha value is -3.50. The first-order chi connectivity index (χ1) is 12.3. The van der Waals surface area contributed by atoms with Crippen LogP contribution in [-0.4, -0.2) is 23.2 Å². The van der Waals surface area contributed by atoms with Crippen molar-refractivity contribution in [2.24, 2.45) is 0 Å². The van der Waals surface area contributed by atoms with Gasteiger partial charge in [0.2, 0.25) is 0 Å². The average molecular weight is 330 g/mol. The van der Waals surface area contributed by atoms with Crippen LogP contribution in [0.25, 0.3) is 0 Å². The fourth-order valence-electron chi connectivity index (χ4n) is 2.75. The highest BCUT2D eigenvalue weighted by Gasteiger charge is 2.20. The van der Waals surface area contributed by atoms with Crippen LogP contribution in [0.1, 0.15) is 22.9 Å². The lowest BCUT2D eigenvalue weighted by atomic mass is 9.92. The Morgan fingerprint density at radius 3 is 1.96 bits per heavy atom. The molecule has 2 heterocycles. The predicted octanol–water partition coefficient (Wildman–Crippen LogP) is 3.55. The van der Waals surface area contributed by atoms with Crippen molar-refractivity contribution in [2.45, 2.75) is 5.92 Å². The highest BCUT2D eigenvalue weighted by atomic mass is 16.5. The van der Waals surface area contributed by atoms with Crippen molar-refractivity contribution < 1.29 is 9.47 Å². The molecular formula is C21H18N2O2. The summed E-state index contributed by atoms with van der Waals surface area (Å²) in [5.41, 5.74) is 3.19. The van der Waals surface area contributed by atoms with E-state index in [1.807, 2.05) is 42.7 Å². The smallest absolute Gasteiger partial charge is 0.163 e. The Morgan fingerprint density at radius 1 is 0.840 bits per heavy atom. The molecule has 0 aliphatic heterocycles. The molecule has 0 bridgehead atoms. The summed E-state index contributed by atoms with van der Waals surface area (Å²) in [6.45, 7) is 0.327. The van der Waals surface area contributed by atoms with Gasteiger partial charge < -0.3 is 19.4 Å². The van der Waals surface area contributed by atoms with Gasteiger partial charge in [0.05, 0.1) is 5.92 Å². The topological polar surface area (TPSA) is 50.0 Å². The van der Waals surface area contributed by atoms with Crippen molar-refractivity contribution >= 4 is 0 Å². The maximum Gasteiger partial charge on any atom is 0.163 e. The van der Waals surface area contributed by atoms with Crippen LogP contribution >= 0.6 is 0 Å². The second-order valence-corrected chi connectivity index (χ2v) is 5.38. The highest BCUT2D eigenvalue weighted by Crippen LogP contribution is 2.36. The lowest BCUT2D eigenvalue weighted by Crippen LogP contribution is -2.06. The van der Waals surface area contributed by atoms with Gasteiger partial charge in [0.25, 0.3) is 0 Å². The standard InChI is InChI=1S/C21H18N2O2/c1-3-13-24-19-10-9-16(15-20(19)25-14-4-2)21(17-7-5-11-22-17)18-8-6-12-23-18/h1-2,5-12,15,21-23H,13-14H2. The van der Waals surface area contributed by atoms with Gasteiger partial charge in [0.15, 0.2) is 11.5 Å². The number of aromatic nitrogens is 2. The Morgan fingerprint density at radius 2 is 1.44 bits per heavy atom. The third-order valence-electron chi connectivity index (χ3n) is 3.79. The maximum atomic E-state index is 5.66. The second kappa shape index (κ2) is 7.86. The molecule has 0 aliphatic carbocycles. The van der Waals surface area contributed by atoms with Crippen LogP contribution in [0.2, 0.25) is 0 Å². The van der Waals surface area contributed by atoms with E-state index in [9.17, 15) is 0 Å². The number of benzene rings is 1. The maximum absolute atomic E-state index is 5.66. The second-order valence-electron chi connectivity index (χ2n) is 5.38. The number of hydrogen-bond donors (Lipinski definition) is 2. The van der Waals surface area contributed by atoms with Crippen LogP contribution in [-0.2, 0) is 0 Å². The van der Waals surface area contributed by atoms with Crippen molar-refractivity contribution in [3.63, 3.8) is 0 Å². The number of rotatable bonds is 7. The van der Waals surface area contributed by atoms with Gasteiger partial charge in [0.1, 0.15) is 13.2 Å². The number of ether oxygens (including phenoxy) is 2. The molecule has 3 rings (SSSR count). The summed E-state index contributed by atoms with van der Waals surface area (Å²) in [7, 11) is 0. The first kappa shape index (κ1) is 16.4. The van der Waals surface area contributed by atoms with Crippen molar-refractivity contribution in [2.75, 3.05) is 13.2 Å². The van der Waals surface area contributed by atoms with Crippen molar-refractivity contribution in [1.82, 2.24) is 9.97 Å². The monoisotopic (exact) mass is 330 g/mol. The molecule has 1 aromatic carbocycles. The third-order valence-corrected chi connectivity index (χ3v) is 3.79. The van der Waals surface area contributed by atoms with Crippen LogP contribution < -0.4 is 9.47 Å². The number of terminal acetylenes is 2. The minimum Gasteiger partial charge on any atom is -0.477 e. The SMILES string of the molecule is C#CCOc1ccc(C(c2ccc[nH]2)c2ccc[nH]2)cc1OCC#C. The zero-order chi connectivity index (χ0) is 17.5. The van der Waals surface area contributed by atoms with Crippen LogP contribution in [0.4, 0.5) is 0 Å². The summed E-state index contributed by atoms with van der Waals surface area (Å²) in [6, 6.07) is 13.9. The molecule has 2 aromatic heterocycles. The lowest BCUT2D eigenvalue weighted by Gasteiger charge is -2.18. The zero-order valence-electron chi connectivity index (χ0n) is 13.7. The molecule has 124 valence electrons. The third kappa shape index (κ3) is 3.71. The van der Waals surface area contributed by atoms with Gasteiger partial charge >= 0.3 is 0 Å². The molecule has 0 fully saturated rings. The van der Waals surface area contributed by atoms with Crippen molar-refractivity contribution in [3.8, 4) is 36.2 Å². The van der Waals surface area contributed by atoms with Gasteiger partial charge in [-0.25, -0.2) is 0 Å². The minimum absolute atomic E-state index is 0.0138. The normalized spacial score (nSPS) is 10.2. The quantitative estimate of drug-likeness (QED) is 0.651. The summed E-state index contributed by atoms with van der Waals surface area (Å²) in [5.74, 6) is 6.10. The Bertz CT molecular complexity index is 847. The van der Waals surface area contributed by atoms with E-state index in [4.69, 9.17) is 22.3 Å². The minimum atomic E-state index is 0.0138. The molecule has 3 aromatic rings. The van der Waals surface area contributed by atoms with E-state index in [1.165, 1.54) is 0 Å². The summed E-state index contributed by atoms with van der Waals surface area (Å²) in [4.78, 5) is 6.57. The molecule has 0 unspecified atom stereocenters.